The first-order chi connectivity index (χ1) is 8.69. The third-order valence-electron chi connectivity index (χ3n) is 2.87. The number of hydrogen-bond acceptors (Lipinski definition) is 3. The fourth-order valence-corrected chi connectivity index (χ4v) is 2.16. The maximum absolute atomic E-state index is 5.91. The number of fused-ring (bicyclic) bond motifs is 1. The Bertz CT molecular complexity index is 422. The van der Waals surface area contributed by atoms with Crippen LogP contribution in [-0.4, -0.2) is 37.2 Å². The molecule has 0 amide bonds. The highest BCUT2D eigenvalue weighted by atomic mass is 35.5. The molecule has 1 heterocycles. The van der Waals surface area contributed by atoms with Crippen LogP contribution >= 0.6 is 11.6 Å². The first-order valence-electron chi connectivity index (χ1n) is 6.13. The second kappa shape index (κ2) is 6.12. The van der Waals surface area contributed by atoms with E-state index in [9.17, 15) is 0 Å². The zero-order chi connectivity index (χ0) is 13.0. The smallest absolute Gasteiger partial charge is 0.161 e. The predicted molar refractivity (Wildman–Crippen MR) is 73.5 cm³/mol. The van der Waals surface area contributed by atoms with Gasteiger partial charge in [-0.15, -0.1) is 0 Å². The summed E-state index contributed by atoms with van der Waals surface area (Å²) in [5.74, 6) is 1.63. The van der Waals surface area contributed by atoms with Gasteiger partial charge in [-0.05, 0) is 18.7 Å². The molecule has 0 bridgehead atoms. The number of para-hydroxylation sites is 2. The first kappa shape index (κ1) is 13.2. The van der Waals surface area contributed by atoms with Crippen LogP contribution in [0.15, 0.2) is 35.9 Å². The molecule has 0 spiro atoms. The summed E-state index contributed by atoms with van der Waals surface area (Å²) in [6.45, 7) is 8.77. The maximum atomic E-state index is 5.91. The topological polar surface area (TPSA) is 21.7 Å². The van der Waals surface area contributed by atoms with Crippen LogP contribution in [0, 0.1) is 0 Å². The molecule has 3 nitrogen and oxygen atoms in total. The number of halogens is 1. The summed E-state index contributed by atoms with van der Waals surface area (Å²) in [5, 5.41) is 0.647. The van der Waals surface area contributed by atoms with Gasteiger partial charge in [0.05, 0.1) is 0 Å². The van der Waals surface area contributed by atoms with Crippen LogP contribution in [0.1, 0.15) is 6.92 Å². The van der Waals surface area contributed by atoms with E-state index in [4.69, 9.17) is 21.1 Å². The van der Waals surface area contributed by atoms with Crippen LogP contribution in [0.2, 0.25) is 0 Å². The van der Waals surface area contributed by atoms with Gasteiger partial charge in [0.2, 0.25) is 0 Å². The Hall–Kier alpha value is -1.19. The summed E-state index contributed by atoms with van der Waals surface area (Å²) >= 11 is 5.84. The Kier molecular flexibility index (Phi) is 4.50. The van der Waals surface area contributed by atoms with Crippen LogP contribution in [0.4, 0.5) is 0 Å². The molecule has 1 aromatic carbocycles. The lowest BCUT2D eigenvalue weighted by atomic mass is 10.2. The van der Waals surface area contributed by atoms with E-state index in [-0.39, 0.29) is 6.10 Å². The Balaban J connectivity index is 1.94. The normalized spacial score (nSPS) is 17.8. The average Bonchev–Trinajstić information content (AvgIpc) is 2.37. The zero-order valence-electron chi connectivity index (χ0n) is 10.6. The minimum absolute atomic E-state index is 0.0378. The third kappa shape index (κ3) is 3.40. The van der Waals surface area contributed by atoms with Crippen molar-refractivity contribution in [2.24, 2.45) is 0 Å². The van der Waals surface area contributed by atoms with Gasteiger partial charge in [-0.25, -0.2) is 0 Å². The van der Waals surface area contributed by atoms with Gasteiger partial charge in [0.25, 0.3) is 0 Å². The molecule has 0 fully saturated rings. The minimum Gasteiger partial charge on any atom is -0.486 e. The largest absolute Gasteiger partial charge is 0.486 e. The van der Waals surface area contributed by atoms with Gasteiger partial charge in [0, 0.05) is 18.1 Å². The van der Waals surface area contributed by atoms with E-state index in [0.29, 0.717) is 18.2 Å². The Morgan fingerprint density at radius 3 is 2.83 bits per heavy atom. The summed E-state index contributed by atoms with van der Waals surface area (Å²) in [6, 6.07) is 7.74. The van der Waals surface area contributed by atoms with Gasteiger partial charge < -0.3 is 9.47 Å². The molecule has 1 aliphatic heterocycles. The summed E-state index contributed by atoms with van der Waals surface area (Å²) in [6.07, 6.45) is 0.0378. The summed E-state index contributed by atoms with van der Waals surface area (Å²) in [7, 11) is 0. The van der Waals surface area contributed by atoms with Crippen molar-refractivity contribution >= 4 is 11.6 Å². The minimum atomic E-state index is 0.0378. The SMILES string of the molecule is C=C(Cl)CN(CC)CC1COc2ccccc2O1. The fourth-order valence-electron chi connectivity index (χ4n) is 1.99. The quantitative estimate of drug-likeness (QED) is 0.819. The monoisotopic (exact) mass is 267 g/mol. The molecule has 4 heteroatoms. The van der Waals surface area contributed by atoms with Gasteiger partial charge in [-0.3, -0.25) is 4.90 Å². The first-order valence-corrected chi connectivity index (χ1v) is 6.51. The van der Waals surface area contributed by atoms with E-state index in [0.717, 1.165) is 24.6 Å². The van der Waals surface area contributed by atoms with Crippen LogP contribution in [-0.2, 0) is 0 Å². The van der Waals surface area contributed by atoms with Crippen molar-refractivity contribution in [3.8, 4) is 11.5 Å². The second-order valence-corrected chi connectivity index (χ2v) is 4.88. The molecule has 0 aromatic heterocycles. The number of ether oxygens (including phenoxy) is 2. The van der Waals surface area contributed by atoms with E-state index >= 15 is 0 Å². The van der Waals surface area contributed by atoms with Crippen molar-refractivity contribution in [1.82, 2.24) is 4.90 Å². The van der Waals surface area contributed by atoms with Crippen molar-refractivity contribution in [1.29, 1.82) is 0 Å². The Labute approximate surface area is 113 Å². The van der Waals surface area contributed by atoms with E-state index in [1.54, 1.807) is 0 Å². The zero-order valence-corrected chi connectivity index (χ0v) is 11.3. The molecule has 0 radical (unpaired) electrons. The van der Waals surface area contributed by atoms with Crippen molar-refractivity contribution in [2.45, 2.75) is 13.0 Å². The van der Waals surface area contributed by atoms with Crippen LogP contribution in [0.5, 0.6) is 11.5 Å². The molecule has 0 aliphatic carbocycles. The molecule has 0 N–H and O–H groups in total. The van der Waals surface area contributed by atoms with E-state index in [1.807, 2.05) is 24.3 Å². The van der Waals surface area contributed by atoms with Crippen LogP contribution in [0.25, 0.3) is 0 Å². The van der Waals surface area contributed by atoms with Crippen molar-refractivity contribution in [2.75, 3.05) is 26.2 Å². The van der Waals surface area contributed by atoms with Crippen LogP contribution < -0.4 is 9.47 Å². The van der Waals surface area contributed by atoms with Gasteiger partial charge in [0.15, 0.2) is 11.5 Å². The predicted octanol–water partition coefficient (Wildman–Crippen LogP) is 2.90. The lowest BCUT2D eigenvalue weighted by molar-refractivity contribution is 0.0629. The molecule has 2 rings (SSSR count). The van der Waals surface area contributed by atoms with E-state index in [1.165, 1.54) is 0 Å². The number of rotatable bonds is 5. The molecule has 1 aromatic rings. The highest BCUT2D eigenvalue weighted by Crippen LogP contribution is 2.31. The van der Waals surface area contributed by atoms with Gasteiger partial charge in [-0.2, -0.15) is 0 Å². The van der Waals surface area contributed by atoms with Gasteiger partial charge >= 0.3 is 0 Å². The number of hydrogen-bond donors (Lipinski definition) is 0. The highest BCUT2D eigenvalue weighted by Gasteiger charge is 2.22. The van der Waals surface area contributed by atoms with Gasteiger partial charge in [-0.1, -0.05) is 37.2 Å². The molecular weight excluding hydrogens is 250 g/mol. The maximum Gasteiger partial charge on any atom is 0.161 e. The molecule has 1 aliphatic rings. The van der Waals surface area contributed by atoms with Crippen molar-refractivity contribution in [3.63, 3.8) is 0 Å². The second-order valence-electron chi connectivity index (χ2n) is 4.34. The lowest BCUT2D eigenvalue weighted by Gasteiger charge is -2.30. The molecule has 0 saturated heterocycles. The van der Waals surface area contributed by atoms with Crippen molar-refractivity contribution in [3.05, 3.63) is 35.9 Å². The fraction of sp³-hybridized carbons (Fsp3) is 0.429. The van der Waals surface area contributed by atoms with Gasteiger partial charge in [0.1, 0.15) is 12.7 Å². The molecule has 18 heavy (non-hydrogen) atoms. The molecular formula is C14H18ClNO2. The molecule has 1 unspecified atom stereocenters. The standard InChI is InChI=1S/C14H18ClNO2/c1-3-16(8-11(2)15)9-12-10-17-13-6-4-5-7-14(13)18-12/h4-7,12H,2-3,8-10H2,1H3. The number of nitrogens with zero attached hydrogens (tertiary/aromatic N) is 1. The highest BCUT2D eigenvalue weighted by molar-refractivity contribution is 6.29. The Morgan fingerprint density at radius 1 is 1.44 bits per heavy atom. The summed E-state index contributed by atoms with van der Waals surface area (Å²) in [5.41, 5.74) is 0. The van der Waals surface area contributed by atoms with Crippen molar-refractivity contribution < 1.29 is 9.47 Å². The third-order valence-corrected chi connectivity index (χ3v) is 2.99. The van der Waals surface area contributed by atoms with E-state index < -0.39 is 0 Å². The molecule has 1 atom stereocenters. The Morgan fingerprint density at radius 2 is 2.17 bits per heavy atom. The average molecular weight is 268 g/mol. The summed E-state index contributed by atoms with van der Waals surface area (Å²) < 4.78 is 11.6. The van der Waals surface area contributed by atoms with Crippen LogP contribution in [0.3, 0.4) is 0 Å². The molecule has 0 saturated carbocycles. The molecule has 98 valence electrons. The summed E-state index contributed by atoms with van der Waals surface area (Å²) in [4.78, 5) is 2.19. The lowest BCUT2D eigenvalue weighted by Crippen LogP contribution is -2.41. The number of benzene rings is 1. The number of likely N-dealkylation sites (N-methyl/N-ethyl adjacent to an activating group) is 1. The van der Waals surface area contributed by atoms with E-state index in [2.05, 4.69) is 18.4 Å².